The van der Waals surface area contributed by atoms with E-state index in [1.54, 1.807) is 12.1 Å². The topological polar surface area (TPSA) is 63.6 Å². The Morgan fingerprint density at radius 2 is 1.71 bits per heavy atom. The highest BCUT2D eigenvalue weighted by atomic mass is 32.2. The number of aliphatic hydroxyl groups excluding tert-OH is 1. The van der Waals surface area contributed by atoms with Crippen molar-refractivity contribution in [2.24, 2.45) is 0 Å². The average Bonchev–Trinajstić information content (AvgIpc) is 2.45. The van der Waals surface area contributed by atoms with Gasteiger partial charge in [0, 0.05) is 0 Å². The van der Waals surface area contributed by atoms with Crippen molar-refractivity contribution in [2.75, 3.05) is 6.61 Å². The molecule has 0 fully saturated rings. The largest absolute Gasteiger partial charge is 0.391 e. The number of rotatable bonds is 10. The lowest BCUT2D eigenvalue weighted by atomic mass is 10.1. The maximum absolute atomic E-state index is 11.9. The van der Waals surface area contributed by atoms with E-state index in [2.05, 4.69) is 6.92 Å². The summed E-state index contributed by atoms with van der Waals surface area (Å²) in [5.74, 6) is 0. The SMILES string of the molecule is CCCCCCC[C@H](O)COS(=O)(=O)c1ccc(C)cc1. The minimum Gasteiger partial charge on any atom is -0.391 e. The Balaban J connectivity index is 2.34. The number of hydrogen-bond acceptors (Lipinski definition) is 4. The van der Waals surface area contributed by atoms with Crippen LogP contribution in [0.25, 0.3) is 0 Å². The van der Waals surface area contributed by atoms with Crippen LogP contribution in [-0.4, -0.2) is 26.2 Å². The third-order valence-corrected chi connectivity index (χ3v) is 4.66. The summed E-state index contributed by atoms with van der Waals surface area (Å²) in [6.45, 7) is 3.86. The average molecular weight is 314 g/mol. The zero-order chi connectivity index (χ0) is 15.7. The fourth-order valence-electron chi connectivity index (χ4n) is 2.01. The van der Waals surface area contributed by atoms with Crippen LogP contribution in [0, 0.1) is 6.92 Å². The van der Waals surface area contributed by atoms with E-state index < -0.39 is 16.2 Å². The molecular formula is C16H26O4S. The third kappa shape index (κ3) is 7.07. The summed E-state index contributed by atoms with van der Waals surface area (Å²) in [5, 5.41) is 9.77. The molecule has 0 aliphatic rings. The Labute approximate surface area is 128 Å². The van der Waals surface area contributed by atoms with Gasteiger partial charge in [0.25, 0.3) is 10.1 Å². The molecule has 1 atom stereocenters. The molecule has 0 aliphatic heterocycles. The molecule has 0 amide bonds. The van der Waals surface area contributed by atoms with Gasteiger partial charge in [-0.05, 0) is 25.5 Å². The van der Waals surface area contributed by atoms with E-state index in [-0.39, 0.29) is 11.5 Å². The molecule has 0 aromatic heterocycles. The summed E-state index contributed by atoms with van der Waals surface area (Å²) >= 11 is 0. The van der Waals surface area contributed by atoms with Crippen molar-refractivity contribution < 1.29 is 17.7 Å². The summed E-state index contributed by atoms with van der Waals surface area (Å²) in [7, 11) is -3.77. The maximum atomic E-state index is 11.9. The van der Waals surface area contributed by atoms with Crippen LogP contribution in [0.4, 0.5) is 0 Å². The van der Waals surface area contributed by atoms with Crippen molar-refractivity contribution in [3.05, 3.63) is 29.8 Å². The highest BCUT2D eigenvalue weighted by Crippen LogP contribution is 2.14. The highest BCUT2D eigenvalue weighted by molar-refractivity contribution is 7.86. The first kappa shape index (κ1) is 18.1. The first-order valence-electron chi connectivity index (χ1n) is 7.60. The third-order valence-electron chi connectivity index (χ3n) is 3.37. The molecule has 21 heavy (non-hydrogen) atoms. The van der Waals surface area contributed by atoms with Crippen LogP contribution >= 0.6 is 0 Å². The molecule has 0 bridgehead atoms. The summed E-state index contributed by atoms with van der Waals surface area (Å²) < 4.78 is 28.8. The first-order chi connectivity index (χ1) is 9.95. The number of hydrogen-bond donors (Lipinski definition) is 1. The van der Waals surface area contributed by atoms with Gasteiger partial charge in [-0.15, -0.1) is 0 Å². The van der Waals surface area contributed by atoms with Gasteiger partial charge in [0.1, 0.15) is 0 Å². The smallest absolute Gasteiger partial charge is 0.297 e. The summed E-state index contributed by atoms with van der Waals surface area (Å²) in [6, 6.07) is 6.48. The van der Waals surface area contributed by atoms with E-state index in [1.165, 1.54) is 25.0 Å². The van der Waals surface area contributed by atoms with E-state index >= 15 is 0 Å². The molecule has 4 nitrogen and oxygen atoms in total. The van der Waals surface area contributed by atoms with Crippen molar-refractivity contribution in [3.8, 4) is 0 Å². The minimum atomic E-state index is -3.77. The molecule has 0 spiro atoms. The number of benzene rings is 1. The lowest BCUT2D eigenvalue weighted by molar-refractivity contribution is 0.100. The van der Waals surface area contributed by atoms with Gasteiger partial charge in [0.2, 0.25) is 0 Å². The van der Waals surface area contributed by atoms with Crippen LogP contribution in [0.15, 0.2) is 29.2 Å². The Kier molecular flexibility index (Phi) is 7.93. The van der Waals surface area contributed by atoms with E-state index in [0.29, 0.717) is 6.42 Å². The molecule has 5 heteroatoms. The van der Waals surface area contributed by atoms with Gasteiger partial charge in [0.15, 0.2) is 0 Å². The second-order valence-corrected chi connectivity index (χ2v) is 7.02. The number of aryl methyl sites for hydroxylation is 1. The highest BCUT2D eigenvalue weighted by Gasteiger charge is 2.17. The van der Waals surface area contributed by atoms with Crippen molar-refractivity contribution >= 4 is 10.1 Å². The van der Waals surface area contributed by atoms with E-state index in [1.807, 2.05) is 6.92 Å². The Morgan fingerprint density at radius 1 is 1.10 bits per heavy atom. The molecule has 120 valence electrons. The van der Waals surface area contributed by atoms with Gasteiger partial charge in [-0.2, -0.15) is 8.42 Å². The zero-order valence-corrected chi connectivity index (χ0v) is 13.7. The van der Waals surface area contributed by atoms with Gasteiger partial charge < -0.3 is 5.11 Å². The molecule has 1 rings (SSSR count). The molecule has 0 saturated heterocycles. The van der Waals surface area contributed by atoms with E-state index in [4.69, 9.17) is 4.18 Å². The maximum Gasteiger partial charge on any atom is 0.297 e. The Morgan fingerprint density at radius 3 is 2.33 bits per heavy atom. The standard InChI is InChI=1S/C16H26O4S/c1-3-4-5-6-7-8-15(17)13-20-21(18,19)16-11-9-14(2)10-12-16/h9-12,15,17H,3-8,13H2,1-2H3/t15-/m0/s1. The van der Waals surface area contributed by atoms with E-state index in [0.717, 1.165) is 24.8 Å². The fraction of sp³-hybridized carbons (Fsp3) is 0.625. The fourth-order valence-corrected chi connectivity index (χ4v) is 2.95. The van der Waals surface area contributed by atoms with Crippen LogP contribution < -0.4 is 0 Å². The summed E-state index contributed by atoms with van der Waals surface area (Å²) in [4.78, 5) is 0.128. The van der Waals surface area contributed by atoms with Gasteiger partial charge in [-0.1, -0.05) is 56.7 Å². The van der Waals surface area contributed by atoms with Crippen molar-refractivity contribution in [1.29, 1.82) is 0 Å². The van der Waals surface area contributed by atoms with Crippen molar-refractivity contribution in [2.45, 2.75) is 63.4 Å². The van der Waals surface area contributed by atoms with Gasteiger partial charge in [-0.3, -0.25) is 4.18 Å². The monoisotopic (exact) mass is 314 g/mol. The lowest BCUT2D eigenvalue weighted by Crippen LogP contribution is -2.19. The van der Waals surface area contributed by atoms with E-state index in [9.17, 15) is 13.5 Å². The zero-order valence-electron chi connectivity index (χ0n) is 12.9. The molecule has 0 radical (unpaired) electrons. The summed E-state index contributed by atoms with van der Waals surface area (Å²) in [5.41, 5.74) is 0.987. The Bertz CT molecular complexity index is 494. The second-order valence-electron chi connectivity index (χ2n) is 5.41. The van der Waals surface area contributed by atoms with Crippen LogP contribution in [0.2, 0.25) is 0 Å². The van der Waals surface area contributed by atoms with Gasteiger partial charge in [-0.25, -0.2) is 0 Å². The molecule has 1 N–H and O–H groups in total. The first-order valence-corrected chi connectivity index (χ1v) is 9.00. The molecule has 0 aliphatic carbocycles. The van der Waals surface area contributed by atoms with Crippen LogP contribution in [0.1, 0.15) is 51.0 Å². The number of aliphatic hydroxyl groups is 1. The van der Waals surface area contributed by atoms with Crippen molar-refractivity contribution in [1.82, 2.24) is 0 Å². The molecule has 0 unspecified atom stereocenters. The molecular weight excluding hydrogens is 288 g/mol. The van der Waals surface area contributed by atoms with Crippen molar-refractivity contribution in [3.63, 3.8) is 0 Å². The van der Waals surface area contributed by atoms with Crippen LogP contribution in [0.5, 0.6) is 0 Å². The molecule has 1 aromatic rings. The minimum absolute atomic E-state index is 0.128. The quantitative estimate of drug-likeness (QED) is 0.531. The predicted molar refractivity (Wildman–Crippen MR) is 83.7 cm³/mol. The molecule has 0 heterocycles. The normalized spacial score (nSPS) is 13.3. The second kappa shape index (κ2) is 9.18. The lowest BCUT2D eigenvalue weighted by Gasteiger charge is -2.11. The molecule has 1 aromatic carbocycles. The van der Waals surface area contributed by atoms with Gasteiger partial charge >= 0.3 is 0 Å². The number of unbranched alkanes of at least 4 members (excludes halogenated alkanes) is 4. The Hall–Kier alpha value is -0.910. The van der Waals surface area contributed by atoms with Crippen LogP contribution in [0.3, 0.4) is 0 Å². The predicted octanol–water partition coefficient (Wildman–Crippen LogP) is 3.42. The van der Waals surface area contributed by atoms with Crippen LogP contribution in [-0.2, 0) is 14.3 Å². The van der Waals surface area contributed by atoms with Gasteiger partial charge in [0.05, 0.1) is 17.6 Å². The molecule has 0 saturated carbocycles. The summed E-state index contributed by atoms with van der Waals surface area (Å²) in [6.07, 6.45) is 5.35.